The molecule has 0 amide bonds. The molecule has 1 heterocycles. The molecule has 2 aliphatic rings. The van der Waals surface area contributed by atoms with Crippen LogP contribution in [0.4, 0.5) is 0 Å². The van der Waals surface area contributed by atoms with Gasteiger partial charge in [0.05, 0.1) is 0 Å². The molecule has 1 saturated carbocycles. The summed E-state index contributed by atoms with van der Waals surface area (Å²) in [7, 11) is 0. The largest absolute Gasteiger partial charge is 0.296 e. The Morgan fingerprint density at radius 3 is 2.60 bits per heavy atom. The van der Waals surface area contributed by atoms with Gasteiger partial charge in [0.25, 0.3) is 0 Å². The van der Waals surface area contributed by atoms with Gasteiger partial charge in [0.2, 0.25) is 0 Å². The second-order valence-electron chi connectivity index (χ2n) is 5.13. The molecule has 0 radical (unpaired) electrons. The third kappa shape index (κ3) is 2.79. The predicted octanol–water partition coefficient (Wildman–Crippen LogP) is 3.13. The summed E-state index contributed by atoms with van der Waals surface area (Å²) in [5.41, 5.74) is 1.28. The predicted molar refractivity (Wildman–Crippen MR) is 69.5 cm³/mol. The first-order chi connectivity index (χ1) is 7.31. The summed E-state index contributed by atoms with van der Waals surface area (Å²) in [5.74, 6) is 1.83. The maximum atomic E-state index is 4.30. The monoisotopic (exact) mass is 225 g/mol. The average molecular weight is 225 g/mol. The van der Waals surface area contributed by atoms with Gasteiger partial charge in [0.1, 0.15) is 0 Å². The molecule has 86 valence electrons. The smallest absolute Gasteiger partial charge is 0.0201 e. The van der Waals surface area contributed by atoms with Gasteiger partial charge in [-0.3, -0.25) is 4.90 Å². The summed E-state index contributed by atoms with van der Waals surface area (Å²) in [4.78, 5) is 2.66. The second kappa shape index (κ2) is 5.40. The lowest BCUT2D eigenvalue weighted by molar-refractivity contribution is 0.205. The molecule has 0 aromatic heterocycles. The topological polar surface area (TPSA) is 3.24 Å². The van der Waals surface area contributed by atoms with Crippen molar-refractivity contribution in [2.75, 3.05) is 18.8 Å². The zero-order chi connectivity index (χ0) is 10.7. The van der Waals surface area contributed by atoms with Gasteiger partial charge < -0.3 is 0 Å². The minimum Gasteiger partial charge on any atom is -0.296 e. The fourth-order valence-electron chi connectivity index (χ4n) is 3.26. The summed E-state index contributed by atoms with van der Waals surface area (Å²) in [6.07, 6.45) is 8.67. The minimum atomic E-state index is 0.841. The van der Waals surface area contributed by atoms with Crippen molar-refractivity contribution < 1.29 is 0 Å². The number of hydrogen-bond donors (Lipinski definition) is 1. The Labute approximate surface area is 99.3 Å². The zero-order valence-electron chi connectivity index (χ0n) is 9.62. The first-order valence-electron chi connectivity index (χ1n) is 6.33. The van der Waals surface area contributed by atoms with Gasteiger partial charge in [-0.1, -0.05) is 25.0 Å². The third-order valence-electron chi connectivity index (χ3n) is 4.01. The molecule has 2 heteroatoms. The number of likely N-dealkylation sites (tertiary alicyclic amines) is 1. The third-order valence-corrected chi connectivity index (χ3v) is 4.46. The Hall–Kier alpha value is 0.0500. The quantitative estimate of drug-likeness (QED) is 0.568. The van der Waals surface area contributed by atoms with E-state index >= 15 is 0 Å². The van der Waals surface area contributed by atoms with Crippen LogP contribution < -0.4 is 0 Å². The van der Waals surface area contributed by atoms with Gasteiger partial charge in [0.15, 0.2) is 0 Å². The fourth-order valence-corrected chi connectivity index (χ4v) is 3.36. The average Bonchev–Trinajstić information content (AvgIpc) is 2.86. The van der Waals surface area contributed by atoms with Gasteiger partial charge in [-0.05, 0) is 38.1 Å². The Balaban J connectivity index is 1.89. The Morgan fingerprint density at radius 1 is 1.20 bits per heavy atom. The van der Waals surface area contributed by atoms with Crippen molar-refractivity contribution >= 4 is 12.6 Å². The van der Waals surface area contributed by atoms with Crippen LogP contribution in [0.1, 0.15) is 38.5 Å². The Kier molecular flexibility index (Phi) is 4.15. The van der Waals surface area contributed by atoms with E-state index in [0.29, 0.717) is 0 Å². The van der Waals surface area contributed by atoms with E-state index < -0.39 is 0 Å². The molecule has 2 rings (SSSR count). The van der Waals surface area contributed by atoms with Crippen molar-refractivity contribution in [1.29, 1.82) is 0 Å². The minimum absolute atomic E-state index is 0.841. The molecule has 1 unspecified atom stereocenters. The summed E-state index contributed by atoms with van der Waals surface area (Å²) >= 11 is 4.30. The summed E-state index contributed by atoms with van der Waals surface area (Å²) < 4.78 is 0. The summed E-state index contributed by atoms with van der Waals surface area (Å²) in [5, 5.41) is 0. The molecule has 1 nitrogen and oxygen atoms in total. The van der Waals surface area contributed by atoms with E-state index in [1.54, 1.807) is 0 Å². The Morgan fingerprint density at radius 2 is 1.93 bits per heavy atom. The van der Waals surface area contributed by atoms with Gasteiger partial charge in [-0.2, -0.15) is 12.6 Å². The molecule has 0 N–H and O–H groups in total. The fraction of sp³-hybridized carbons (Fsp3) is 0.846. The molecular weight excluding hydrogens is 202 g/mol. The molecule has 0 spiro atoms. The number of thiol groups is 1. The molecule has 0 bridgehead atoms. The summed E-state index contributed by atoms with van der Waals surface area (Å²) in [6, 6.07) is 0.865. The molecule has 1 aliphatic heterocycles. The van der Waals surface area contributed by atoms with Crippen LogP contribution in [0.5, 0.6) is 0 Å². The first kappa shape index (κ1) is 11.5. The van der Waals surface area contributed by atoms with E-state index in [0.717, 1.165) is 24.3 Å². The highest BCUT2D eigenvalue weighted by Crippen LogP contribution is 2.35. The van der Waals surface area contributed by atoms with Crippen LogP contribution in [0.2, 0.25) is 0 Å². The zero-order valence-corrected chi connectivity index (χ0v) is 10.5. The van der Waals surface area contributed by atoms with E-state index in [4.69, 9.17) is 0 Å². The number of rotatable bonds is 4. The van der Waals surface area contributed by atoms with E-state index in [1.807, 2.05) is 0 Å². The lowest BCUT2D eigenvalue weighted by Gasteiger charge is -2.29. The van der Waals surface area contributed by atoms with Crippen LogP contribution in [0.15, 0.2) is 12.2 Å². The van der Waals surface area contributed by atoms with Crippen molar-refractivity contribution in [2.45, 2.75) is 44.6 Å². The lowest BCUT2D eigenvalue weighted by Crippen LogP contribution is -2.36. The van der Waals surface area contributed by atoms with Gasteiger partial charge in [-0.15, -0.1) is 0 Å². The first-order valence-corrected chi connectivity index (χ1v) is 6.96. The lowest BCUT2D eigenvalue weighted by atomic mass is 9.96. The summed E-state index contributed by atoms with van der Waals surface area (Å²) in [6.45, 7) is 6.45. The maximum absolute atomic E-state index is 4.30. The normalized spacial score (nSPS) is 28.7. The Bertz CT molecular complexity index is 221. The van der Waals surface area contributed by atoms with E-state index in [-0.39, 0.29) is 0 Å². The van der Waals surface area contributed by atoms with Crippen LogP contribution in [-0.2, 0) is 0 Å². The molecule has 2 fully saturated rings. The molecule has 1 saturated heterocycles. The molecule has 0 aromatic carbocycles. The number of nitrogens with zero attached hydrogens (tertiary/aromatic N) is 1. The van der Waals surface area contributed by atoms with Gasteiger partial charge in [-0.25, -0.2) is 0 Å². The van der Waals surface area contributed by atoms with Crippen molar-refractivity contribution in [3.8, 4) is 0 Å². The second-order valence-corrected chi connectivity index (χ2v) is 5.45. The SMILES string of the molecule is C=C(CS)CN1CCCC1C1CCCC1. The van der Waals surface area contributed by atoms with Crippen LogP contribution in [-0.4, -0.2) is 29.8 Å². The highest BCUT2D eigenvalue weighted by molar-refractivity contribution is 7.80. The van der Waals surface area contributed by atoms with E-state index in [2.05, 4.69) is 24.1 Å². The van der Waals surface area contributed by atoms with Crippen LogP contribution in [0, 0.1) is 5.92 Å². The highest BCUT2D eigenvalue weighted by atomic mass is 32.1. The van der Waals surface area contributed by atoms with Crippen molar-refractivity contribution in [1.82, 2.24) is 4.90 Å². The number of hydrogen-bond acceptors (Lipinski definition) is 2. The van der Waals surface area contributed by atoms with Gasteiger partial charge >= 0.3 is 0 Å². The molecule has 1 aliphatic carbocycles. The van der Waals surface area contributed by atoms with E-state index in [9.17, 15) is 0 Å². The maximum Gasteiger partial charge on any atom is 0.0201 e. The van der Waals surface area contributed by atoms with E-state index in [1.165, 1.54) is 50.6 Å². The van der Waals surface area contributed by atoms with Crippen LogP contribution in [0.3, 0.4) is 0 Å². The molecule has 0 aromatic rings. The molecule has 1 atom stereocenters. The molecular formula is C13H23NS. The van der Waals surface area contributed by atoms with Crippen molar-refractivity contribution in [2.24, 2.45) is 5.92 Å². The standard InChI is InChI=1S/C13H23NS/c1-11(10-15)9-14-8-4-7-13(14)12-5-2-3-6-12/h12-13,15H,1-10H2. The van der Waals surface area contributed by atoms with Crippen LogP contribution in [0.25, 0.3) is 0 Å². The highest BCUT2D eigenvalue weighted by Gasteiger charge is 2.32. The van der Waals surface area contributed by atoms with Crippen molar-refractivity contribution in [3.05, 3.63) is 12.2 Å². The van der Waals surface area contributed by atoms with Gasteiger partial charge in [0, 0.05) is 18.3 Å². The van der Waals surface area contributed by atoms with Crippen LogP contribution >= 0.6 is 12.6 Å². The molecule has 15 heavy (non-hydrogen) atoms. The van der Waals surface area contributed by atoms with Crippen molar-refractivity contribution in [3.63, 3.8) is 0 Å².